The first-order valence-electron chi connectivity index (χ1n) is 10.7. The summed E-state index contributed by atoms with van der Waals surface area (Å²) in [4.78, 5) is 4.70. The molecule has 0 spiro atoms. The molecular formula is C25H22FN5O2S. The van der Waals surface area contributed by atoms with Crippen molar-refractivity contribution in [3.63, 3.8) is 0 Å². The minimum absolute atomic E-state index is 0.100. The van der Waals surface area contributed by atoms with Crippen LogP contribution in [0.4, 0.5) is 15.9 Å². The third-order valence-electron chi connectivity index (χ3n) is 5.61. The topological polar surface area (TPSA) is 89.2 Å². The summed E-state index contributed by atoms with van der Waals surface area (Å²) in [5, 5.41) is 11.7. The second-order valence-electron chi connectivity index (χ2n) is 9.02. The molecule has 0 bridgehead atoms. The van der Waals surface area contributed by atoms with Gasteiger partial charge in [-0.3, -0.25) is 0 Å². The molecule has 172 valence electrons. The van der Waals surface area contributed by atoms with Crippen molar-refractivity contribution in [2.45, 2.75) is 36.1 Å². The van der Waals surface area contributed by atoms with E-state index in [1.54, 1.807) is 24.3 Å². The lowest BCUT2D eigenvalue weighted by Crippen LogP contribution is -2.11. The van der Waals surface area contributed by atoms with Crippen LogP contribution in [0.5, 0.6) is 0 Å². The lowest BCUT2D eigenvalue weighted by Gasteiger charge is -2.19. The number of aromatic nitrogens is 4. The Kier molecular flexibility index (Phi) is 5.09. The van der Waals surface area contributed by atoms with E-state index >= 15 is 0 Å². The summed E-state index contributed by atoms with van der Waals surface area (Å²) in [5.74, 6) is 0.0567. The van der Waals surface area contributed by atoms with Gasteiger partial charge in [-0.05, 0) is 59.5 Å². The predicted molar refractivity (Wildman–Crippen MR) is 129 cm³/mol. The number of nitrogens with one attached hydrogen (secondary N) is 1. The molecule has 1 N–H and O–H groups in total. The first-order chi connectivity index (χ1) is 16.1. The van der Waals surface area contributed by atoms with Crippen LogP contribution >= 0.6 is 0 Å². The van der Waals surface area contributed by atoms with Gasteiger partial charge in [0.15, 0.2) is 5.65 Å². The smallest absolute Gasteiger partial charge is 0.229 e. The van der Waals surface area contributed by atoms with E-state index in [-0.39, 0.29) is 26.8 Å². The number of benzene rings is 3. The average molecular weight is 476 g/mol. The highest BCUT2D eigenvalue weighted by Crippen LogP contribution is 2.30. The zero-order chi connectivity index (χ0) is 24.1. The summed E-state index contributed by atoms with van der Waals surface area (Å²) >= 11 is 0. The molecule has 9 heteroatoms. The monoisotopic (exact) mass is 475 g/mol. The van der Waals surface area contributed by atoms with Crippen LogP contribution in [0.1, 0.15) is 26.3 Å². The molecule has 3 aromatic carbocycles. The van der Waals surface area contributed by atoms with E-state index in [0.29, 0.717) is 22.4 Å². The molecule has 0 radical (unpaired) electrons. The average Bonchev–Trinajstić information content (AvgIpc) is 3.25. The number of para-hydroxylation sites is 1. The van der Waals surface area contributed by atoms with Gasteiger partial charge >= 0.3 is 0 Å². The van der Waals surface area contributed by atoms with Gasteiger partial charge in [-0.2, -0.15) is 4.52 Å². The third-order valence-corrected chi connectivity index (χ3v) is 7.28. The molecule has 2 heterocycles. The van der Waals surface area contributed by atoms with Crippen molar-refractivity contribution in [3.8, 4) is 0 Å². The number of sulfone groups is 1. The van der Waals surface area contributed by atoms with Crippen molar-refractivity contribution in [1.29, 1.82) is 0 Å². The lowest BCUT2D eigenvalue weighted by molar-refractivity contribution is 0.585. The minimum atomic E-state index is -3.98. The fourth-order valence-corrected chi connectivity index (χ4v) is 4.96. The second kappa shape index (κ2) is 7.88. The largest absolute Gasteiger partial charge is 0.340 e. The maximum atomic E-state index is 13.5. The number of anilines is 2. The summed E-state index contributed by atoms with van der Waals surface area (Å²) in [7, 11) is -3.98. The molecule has 0 aliphatic heterocycles. The van der Waals surface area contributed by atoms with Crippen LogP contribution in [0.25, 0.3) is 16.6 Å². The Balaban J connectivity index is 1.67. The molecule has 5 rings (SSSR count). The van der Waals surface area contributed by atoms with Crippen molar-refractivity contribution >= 4 is 37.9 Å². The van der Waals surface area contributed by atoms with E-state index in [0.717, 1.165) is 5.56 Å². The summed E-state index contributed by atoms with van der Waals surface area (Å²) in [5.41, 5.74) is 2.26. The van der Waals surface area contributed by atoms with E-state index in [9.17, 15) is 12.8 Å². The highest BCUT2D eigenvalue weighted by Gasteiger charge is 2.27. The third kappa shape index (κ3) is 3.77. The summed E-state index contributed by atoms with van der Waals surface area (Å²) in [6.07, 6.45) is 0. The second-order valence-corrected chi connectivity index (χ2v) is 10.9. The van der Waals surface area contributed by atoms with E-state index in [1.165, 1.54) is 16.6 Å². The van der Waals surface area contributed by atoms with Crippen molar-refractivity contribution < 1.29 is 12.8 Å². The fourth-order valence-electron chi connectivity index (χ4n) is 3.73. The van der Waals surface area contributed by atoms with Gasteiger partial charge < -0.3 is 5.32 Å². The van der Waals surface area contributed by atoms with Crippen molar-refractivity contribution in [3.05, 3.63) is 84.2 Å². The van der Waals surface area contributed by atoms with Gasteiger partial charge in [0.2, 0.25) is 14.9 Å². The van der Waals surface area contributed by atoms with Gasteiger partial charge in [0.25, 0.3) is 0 Å². The highest BCUT2D eigenvalue weighted by atomic mass is 32.2. The maximum Gasteiger partial charge on any atom is 0.229 e. The van der Waals surface area contributed by atoms with E-state index in [2.05, 4.69) is 41.4 Å². The number of halogens is 1. The molecule has 0 saturated heterocycles. The molecule has 5 aromatic rings. The predicted octanol–water partition coefficient (Wildman–Crippen LogP) is 5.29. The van der Waals surface area contributed by atoms with Crippen molar-refractivity contribution in [1.82, 2.24) is 19.8 Å². The molecule has 7 nitrogen and oxygen atoms in total. The molecular weight excluding hydrogens is 453 g/mol. The van der Waals surface area contributed by atoms with Crippen molar-refractivity contribution in [2.75, 3.05) is 5.32 Å². The first kappa shape index (κ1) is 22.0. The molecule has 0 aliphatic rings. The summed E-state index contributed by atoms with van der Waals surface area (Å²) < 4.78 is 41.8. The van der Waals surface area contributed by atoms with Crippen LogP contribution in [0.15, 0.2) is 82.7 Å². The molecule has 0 amide bonds. The maximum absolute atomic E-state index is 13.5. The highest BCUT2D eigenvalue weighted by molar-refractivity contribution is 7.91. The van der Waals surface area contributed by atoms with Gasteiger partial charge in [-0.15, -0.1) is 5.10 Å². The molecule has 0 unspecified atom stereocenters. The van der Waals surface area contributed by atoms with E-state index in [1.807, 2.05) is 36.4 Å². The zero-order valence-electron chi connectivity index (χ0n) is 18.8. The fraction of sp³-hybridized carbons (Fsp3) is 0.160. The van der Waals surface area contributed by atoms with Crippen LogP contribution in [-0.2, 0) is 15.3 Å². The van der Waals surface area contributed by atoms with E-state index < -0.39 is 9.84 Å². The Morgan fingerprint density at radius 1 is 0.912 bits per heavy atom. The van der Waals surface area contributed by atoms with Gasteiger partial charge in [0.1, 0.15) is 11.6 Å². The zero-order valence-corrected chi connectivity index (χ0v) is 19.6. The van der Waals surface area contributed by atoms with Gasteiger partial charge in [-0.25, -0.2) is 17.8 Å². The molecule has 34 heavy (non-hydrogen) atoms. The quantitative estimate of drug-likeness (QED) is 0.380. The van der Waals surface area contributed by atoms with Crippen molar-refractivity contribution in [2.24, 2.45) is 0 Å². The molecule has 0 saturated carbocycles. The Hall–Kier alpha value is -3.85. The van der Waals surface area contributed by atoms with Gasteiger partial charge in [0.05, 0.1) is 10.4 Å². The number of hydrogen-bond donors (Lipinski definition) is 1. The van der Waals surface area contributed by atoms with Gasteiger partial charge in [-0.1, -0.05) is 50.3 Å². The standard InChI is InChI=1S/C25H22FN5O2S/c1-25(2,3)16-8-14-19(15-9-16)34(32,33)24-23-28-22(27-18-12-10-17(26)11-13-18)20-6-4-5-7-21(20)31(23)30-29-24/h4-15H,1-3H3,(H,27,28). The number of fused-ring (bicyclic) bond motifs is 3. The Morgan fingerprint density at radius 3 is 2.26 bits per heavy atom. The van der Waals surface area contributed by atoms with Crippen LogP contribution in [-0.4, -0.2) is 28.2 Å². The Morgan fingerprint density at radius 2 is 1.59 bits per heavy atom. The van der Waals surface area contributed by atoms with Crippen LogP contribution in [0.2, 0.25) is 0 Å². The minimum Gasteiger partial charge on any atom is -0.340 e. The molecule has 0 fully saturated rings. The van der Waals surface area contributed by atoms with Crippen LogP contribution in [0.3, 0.4) is 0 Å². The van der Waals surface area contributed by atoms with Crippen LogP contribution in [0, 0.1) is 5.82 Å². The molecule has 0 atom stereocenters. The SMILES string of the molecule is CC(C)(C)c1ccc(S(=O)(=O)c2nnn3c2nc(Nc2ccc(F)cc2)c2ccccc23)cc1. The number of rotatable bonds is 4. The van der Waals surface area contributed by atoms with Crippen LogP contribution < -0.4 is 5.32 Å². The molecule has 2 aromatic heterocycles. The first-order valence-corrected chi connectivity index (χ1v) is 12.2. The Labute approximate surface area is 196 Å². The number of nitrogens with zero attached hydrogens (tertiary/aromatic N) is 4. The lowest BCUT2D eigenvalue weighted by atomic mass is 9.87. The normalized spacial score (nSPS) is 12.4. The number of hydrogen-bond acceptors (Lipinski definition) is 6. The van der Waals surface area contributed by atoms with E-state index in [4.69, 9.17) is 0 Å². The Bertz CT molecular complexity index is 1620. The van der Waals surface area contributed by atoms with Gasteiger partial charge in [0, 0.05) is 11.1 Å². The summed E-state index contributed by atoms with van der Waals surface area (Å²) in [6, 6.07) is 19.9. The molecule has 0 aliphatic carbocycles. The summed E-state index contributed by atoms with van der Waals surface area (Å²) in [6.45, 7) is 6.19.